The van der Waals surface area contributed by atoms with Gasteiger partial charge in [0.2, 0.25) is 0 Å². The van der Waals surface area contributed by atoms with Crippen LogP contribution >= 0.6 is 0 Å². The Morgan fingerprint density at radius 1 is 1.15 bits per heavy atom. The van der Waals surface area contributed by atoms with Gasteiger partial charge in [-0.05, 0) is 45.4 Å². The number of carbonyl (C=O) groups excluding carboxylic acids is 1. The number of likely N-dealkylation sites (tertiary alicyclic amines) is 1. The van der Waals surface area contributed by atoms with Gasteiger partial charge in [0.05, 0.1) is 12.4 Å². The zero-order valence-corrected chi connectivity index (χ0v) is 13.3. The van der Waals surface area contributed by atoms with Gasteiger partial charge in [0.1, 0.15) is 5.60 Å². The van der Waals surface area contributed by atoms with Gasteiger partial charge in [-0.1, -0.05) is 0 Å². The van der Waals surface area contributed by atoms with E-state index in [4.69, 9.17) is 8.92 Å². The van der Waals surface area contributed by atoms with Gasteiger partial charge in [0.25, 0.3) is 10.1 Å². The highest BCUT2D eigenvalue weighted by Gasteiger charge is 2.44. The van der Waals surface area contributed by atoms with Crippen LogP contribution in [0.4, 0.5) is 4.79 Å². The zero-order valence-electron chi connectivity index (χ0n) is 12.5. The molecule has 0 bridgehead atoms. The third-order valence-corrected chi connectivity index (χ3v) is 4.29. The molecule has 7 heteroatoms. The van der Waals surface area contributed by atoms with E-state index in [9.17, 15) is 13.2 Å². The minimum Gasteiger partial charge on any atom is -0.444 e. The van der Waals surface area contributed by atoms with Gasteiger partial charge < -0.3 is 9.64 Å². The molecule has 116 valence electrons. The molecule has 1 saturated carbocycles. The second-order valence-electron chi connectivity index (χ2n) is 6.80. The minimum atomic E-state index is -3.40. The summed E-state index contributed by atoms with van der Waals surface area (Å²) in [5.74, 6) is 0.628. The molecule has 1 aliphatic carbocycles. The normalized spacial score (nSPS) is 27.7. The number of rotatable bonds is 2. The molecule has 0 N–H and O–H groups in total. The zero-order chi connectivity index (χ0) is 15.1. The number of nitrogens with zero attached hydrogens (tertiary/aromatic N) is 1. The largest absolute Gasteiger partial charge is 0.444 e. The van der Waals surface area contributed by atoms with Gasteiger partial charge in [0.15, 0.2) is 0 Å². The molecular formula is C13H23NO5S. The van der Waals surface area contributed by atoms with E-state index in [0.29, 0.717) is 37.8 Å². The Morgan fingerprint density at radius 2 is 1.65 bits per heavy atom. The molecule has 1 heterocycles. The molecule has 2 fully saturated rings. The number of hydrogen-bond acceptors (Lipinski definition) is 5. The molecule has 0 aromatic carbocycles. The van der Waals surface area contributed by atoms with Crippen LogP contribution < -0.4 is 0 Å². The van der Waals surface area contributed by atoms with Crippen LogP contribution in [-0.4, -0.2) is 50.5 Å². The molecule has 20 heavy (non-hydrogen) atoms. The van der Waals surface area contributed by atoms with E-state index >= 15 is 0 Å². The summed E-state index contributed by atoms with van der Waals surface area (Å²) in [6, 6.07) is 0. The molecule has 0 radical (unpaired) electrons. The van der Waals surface area contributed by atoms with Crippen molar-refractivity contribution < 1.29 is 22.1 Å². The maximum Gasteiger partial charge on any atom is 0.410 e. The molecule has 0 aromatic heterocycles. The van der Waals surface area contributed by atoms with Gasteiger partial charge in [0, 0.05) is 13.1 Å². The molecular weight excluding hydrogens is 282 g/mol. The molecule has 2 rings (SSSR count). The Bertz CT molecular complexity index is 467. The topological polar surface area (TPSA) is 72.9 Å². The molecule has 2 atom stereocenters. The second kappa shape index (κ2) is 5.18. The molecule has 0 aromatic rings. The summed E-state index contributed by atoms with van der Waals surface area (Å²) in [4.78, 5) is 13.7. The molecule has 1 saturated heterocycles. The van der Waals surface area contributed by atoms with E-state index in [0.717, 1.165) is 6.26 Å². The van der Waals surface area contributed by atoms with Gasteiger partial charge in [-0.2, -0.15) is 8.42 Å². The Hall–Kier alpha value is -0.820. The fraction of sp³-hybridized carbons (Fsp3) is 0.923. The smallest absolute Gasteiger partial charge is 0.410 e. The lowest BCUT2D eigenvalue weighted by Crippen LogP contribution is -2.36. The van der Waals surface area contributed by atoms with Crippen LogP contribution in [0.1, 0.15) is 33.6 Å². The van der Waals surface area contributed by atoms with E-state index in [2.05, 4.69) is 0 Å². The van der Waals surface area contributed by atoms with Crippen molar-refractivity contribution in [2.45, 2.75) is 45.3 Å². The number of amides is 1. The molecule has 1 amide bonds. The summed E-state index contributed by atoms with van der Waals surface area (Å²) in [5.41, 5.74) is -0.489. The van der Waals surface area contributed by atoms with Crippen molar-refractivity contribution in [1.82, 2.24) is 4.90 Å². The highest BCUT2D eigenvalue weighted by molar-refractivity contribution is 7.86. The fourth-order valence-corrected chi connectivity index (χ4v) is 3.70. The highest BCUT2D eigenvalue weighted by atomic mass is 32.2. The number of fused-ring (bicyclic) bond motifs is 1. The molecule has 0 unspecified atom stereocenters. The fourth-order valence-electron chi connectivity index (χ4n) is 3.05. The van der Waals surface area contributed by atoms with Crippen LogP contribution in [0.2, 0.25) is 0 Å². The van der Waals surface area contributed by atoms with Gasteiger partial charge in [-0.25, -0.2) is 4.79 Å². The van der Waals surface area contributed by atoms with Crippen molar-refractivity contribution in [2.24, 2.45) is 11.8 Å². The van der Waals surface area contributed by atoms with Crippen LogP contribution in [0, 0.1) is 11.8 Å². The maximum absolute atomic E-state index is 12.0. The average Bonchev–Trinajstić information content (AvgIpc) is 2.68. The number of carbonyl (C=O) groups is 1. The van der Waals surface area contributed by atoms with Gasteiger partial charge in [-0.3, -0.25) is 4.18 Å². The first-order chi connectivity index (χ1) is 9.03. The van der Waals surface area contributed by atoms with Crippen molar-refractivity contribution in [3.05, 3.63) is 0 Å². The van der Waals surface area contributed by atoms with Crippen LogP contribution in [0.3, 0.4) is 0 Å². The van der Waals surface area contributed by atoms with Crippen molar-refractivity contribution in [2.75, 3.05) is 19.3 Å². The first-order valence-electron chi connectivity index (χ1n) is 6.90. The van der Waals surface area contributed by atoms with Crippen LogP contribution in [0.15, 0.2) is 0 Å². The Morgan fingerprint density at radius 3 is 2.05 bits per heavy atom. The first kappa shape index (κ1) is 15.6. The standard InChI is InChI=1S/C13H23NO5S/c1-13(2,3)18-12(15)14-7-9-5-11(6-10(9)8-14)19-20(4,16)17/h9-11H,5-8H2,1-4H3/t9-,10-/m1/s1. The molecule has 0 spiro atoms. The van der Waals surface area contributed by atoms with Crippen molar-refractivity contribution >= 4 is 16.2 Å². The van der Waals surface area contributed by atoms with Crippen molar-refractivity contribution in [3.8, 4) is 0 Å². The van der Waals surface area contributed by atoms with E-state index < -0.39 is 15.7 Å². The molecule has 2 aliphatic rings. The summed E-state index contributed by atoms with van der Waals surface area (Å²) >= 11 is 0. The third kappa shape index (κ3) is 4.09. The summed E-state index contributed by atoms with van der Waals surface area (Å²) in [5, 5.41) is 0. The van der Waals surface area contributed by atoms with E-state index in [-0.39, 0.29) is 12.2 Å². The lowest BCUT2D eigenvalue weighted by Gasteiger charge is -2.25. The minimum absolute atomic E-state index is 0.235. The van der Waals surface area contributed by atoms with Crippen LogP contribution in [-0.2, 0) is 19.0 Å². The highest BCUT2D eigenvalue weighted by Crippen LogP contribution is 2.40. The summed E-state index contributed by atoms with van der Waals surface area (Å²) in [6.07, 6.45) is 1.94. The predicted molar refractivity (Wildman–Crippen MR) is 73.7 cm³/mol. The Balaban J connectivity index is 1.87. The van der Waals surface area contributed by atoms with E-state index in [1.165, 1.54) is 0 Å². The lowest BCUT2D eigenvalue weighted by atomic mass is 10.0. The molecule has 6 nitrogen and oxygen atoms in total. The summed E-state index contributed by atoms with van der Waals surface area (Å²) in [7, 11) is -3.40. The van der Waals surface area contributed by atoms with Crippen LogP contribution in [0.5, 0.6) is 0 Å². The average molecular weight is 305 g/mol. The molecule has 1 aliphatic heterocycles. The van der Waals surface area contributed by atoms with E-state index in [1.54, 1.807) is 4.90 Å². The SMILES string of the molecule is CC(C)(C)OC(=O)N1C[C@H]2CC(OS(C)(=O)=O)C[C@@H]2C1. The third-order valence-electron chi connectivity index (χ3n) is 3.67. The predicted octanol–water partition coefficient (Wildman–Crippen LogP) is 1.61. The van der Waals surface area contributed by atoms with Gasteiger partial charge in [-0.15, -0.1) is 0 Å². The summed E-state index contributed by atoms with van der Waals surface area (Å²) in [6.45, 7) is 6.79. The van der Waals surface area contributed by atoms with Crippen molar-refractivity contribution in [3.63, 3.8) is 0 Å². The van der Waals surface area contributed by atoms with E-state index in [1.807, 2.05) is 20.8 Å². The summed E-state index contributed by atoms with van der Waals surface area (Å²) < 4.78 is 32.7. The number of ether oxygens (including phenoxy) is 1. The maximum atomic E-state index is 12.0. The monoisotopic (exact) mass is 305 g/mol. The van der Waals surface area contributed by atoms with Crippen molar-refractivity contribution in [1.29, 1.82) is 0 Å². The first-order valence-corrected chi connectivity index (χ1v) is 8.71. The second-order valence-corrected chi connectivity index (χ2v) is 8.40. The number of hydrogen-bond donors (Lipinski definition) is 0. The quantitative estimate of drug-likeness (QED) is 0.725. The van der Waals surface area contributed by atoms with Gasteiger partial charge >= 0.3 is 6.09 Å². The Kier molecular flexibility index (Phi) is 4.03. The van der Waals surface area contributed by atoms with Crippen LogP contribution in [0.25, 0.3) is 0 Å². The Labute approximate surface area is 120 Å². The lowest BCUT2D eigenvalue weighted by molar-refractivity contribution is 0.0272.